The van der Waals surface area contributed by atoms with Crippen LogP contribution in [-0.2, 0) is 25.7 Å². The minimum Gasteiger partial charge on any atom is -0.397 e. The highest BCUT2D eigenvalue weighted by Crippen LogP contribution is 2.43. The van der Waals surface area contributed by atoms with Crippen molar-refractivity contribution < 1.29 is 4.79 Å². The number of thiophene rings is 2. The Labute approximate surface area is 209 Å². The molecule has 0 fully saturated rings. The lowest BCUT2D eigenvalue weighted by Gasteiger charge is -2.36. The second-order valence-corrected chi connectivity index (χ2v) is 12.8. The molecule has 0 spiro atoms. The summed E-state index contributed by atoms with van der Waals surface area (Å²) in [5.41, 5.74) is 11.5. The molecule has 3 aromatic heterocycles. The Morgan fingerprint density at radius 1 is 1.29 bits per heavy atom. The van der Waals surface area contributed by atoms with Crippen LogP contribution in [0.15, 0.2) is 6.07 Å². The first-order valence-electron chi connectivity index (χ1n) is 12.3. The van der Waals surface area contributed by atoms with E-state index < -0.39 is 0 Å². The van der Waals surface area contributed by atoms with Crippen LogP contribution >= 0.6 is 22.7 Å². The second kappa shape index (κ2) is 8.66. The third-order valence-electron chi connectivity index (χ3n) is 8.16. The summed E-state index contributed by atoms with van der Waals surface area (Å²) in [7, 11) is 0. The maximum atomic E-state index is 13.3. The average Bonchev–Trinajstić information content (AvgIpc) is 3.32. The Bertz CT molecular complexity index is 1330. The van der Waals surface area contributed by atoms with Crippen LogP contribution in [0.5, 0.6) is 0 Å². The first kappa shape index (κ1) is 23.3. The Balaban J connectivity index is 1.45. The van der Waals surface area contributed by atoms with Crippen LogP contribution in [0, 0.1) is 28.6 Å². The zero-order chi connectivity index (χ0) is 24.2. The number of carbonyl (C=O) groups is 1. The lowest BCUT2D eigenvalue weighted by atomic mass is 9.69. The summed E-state index contributed by atoms with van der Waals surface area (Å²) in [6.07, 6.45) is 7.26. The molecule has 0 saturated heterocycles. The Morgan fingerprint density at radius 3 is 2.82 bits per heavy atom. The van der Waals surface area contributed by atoms with E-state index in [0.29, 0.717) is 38.4 Å². The van der Waals surface area contributed by atoms with Gasteiger partial charge < -0.3 is 11.1 Å². The smallest absolute Gasteiger partial charge is 0.268 e. The van der Waals surface area contributed by atoms with Gasteiger partial charge in [-0.15, -0.1) is 22.7 Å². The van der Waals surface area contributed by atoms with Gasteiger partial charge in [0.2, 0.25) is 0 Å². The van der Waals surface area contributed by atoms with Gasteiger partial charge in [-0.25, -0.2) is 4.98 Å². The topological polar surface area (TPSA) is 91.8 Å². The summed E-state index contributed by atoms with van der Waals surface area (Å²) in [6, 6.07) is 4.50. The molecule has 34 heavy (non-hydrogen) atoms. The largest absolute Gasteiger partial charge is 0.397 e. The number of nitrogens with zero attached hydrogens (tertiary/aromatic N) is 2. The van der Waals surface area contributed by atoms with Crippen molar-refractivity contribution in [1.29, 1.82) is 5.26 Å². The maximum Gasteiger partial charge on any atom is 0.268 e. The molecule has 3 aromatic rings. The lowest BCUT2D eigenvalue weighted by molar-refractivity contribution is 0.103. The van der Waals surface area contributed by atoms with E-state index in [2.05, 4.69) is 45.1 Å². The Morgan fingerprint density at radius 2 is 2.09 bits per heavy atom. The van der Waals surface area contributed by atoms with E-state index in [4.69, 9.17) is 10.7 Å². The van der Waals surface area contributed by atoms with Gasteiger partial charge in [-0.2, -0.15) is 5.26 Å². The second-order valence-electron chi connectivity index (χ2n) is 10.7. The number of nitrogens with one attached hydrogen (secondary N) is 1. The normalized spacial score (nSPS) is 20.0. The van der Waals surface area contributed by atoms with Crippen molar-refractivity contribution in [3.63, 3.8) is 0 Å². The molecule has 7 heteroatoms. The number of aromatic nitrogens is 1. The molecule has 3 heterocycles. The quantitative estimate of drug-likeness (QED) is 0.422. The molecule has 0 saturated carbocycles. The number of nitriles is 1. The number of amides is 1. The van der Waals surface area contributed by atoms with E-state index in [1.807, 2.05) is 0 Å². The number of rotatable bonds is 4. The van der Waals surface area contributed by atoms with Crippen molar-refractivity contribution in [3.05, 3.63) is 38.2 Å². The lowest BCUT2D eigenvalue weighted by Crippen LogP contribution is -2.29. The van der Waals surface area contributed by atoms with Gasteiger partial charge >= 0.3 is 0 Å². The molecule has 3 N–H and O–H groups in total. The van der Waals surface area contributed by atoms with E-state index in [1.54, 1.807) is 11.3 Å². The predicted molar refractivity (Wildman–Crippen MR) is 142 cm³/mol. The van der Waals surface area contributed by atoms with Crippen molar-refractivity contribution in [2.24, 2.45) is 17.3 Å². The van der Waals surface area contributed by atoms with E-state index >= 15 is 0 Å². The molecule has 0 unspecified atom stereocenters. The van der Waals surface area contributed by atoms with Gasteiger partial charge in [0.15, 0.2) is 0 Å². The van der Waals surface area contributed by atoms with Crippen molar-refractivity contribution in [3.8, 4) is 6.07 Å². The number of nitrogens with two attached hydrogens (primary N) is 1. The van der Waals surface area contributed by atoms with Crippen molar-refractivity contribution >= 4 is 49.5 Å². The molecule has 5 nitrogen and oxygen atoms in total. The molecule has 0 radical (unpaired) electrons. The van der Waals surface area contributed by atoms with Crippen LogP contribution in [0.3, 0.4) is 0 Å². The molecule has 5 rings (SSSR count). The van der Waals surface area contributed by atoms with Gasteiger partial charge in [0.1, 0.15) is 20.8 Å². The number of carbonyl (C=O) groups excluding carboxylic acids is 1. The molecule has 0 aliphatic heterocycles. The Hall–Kier alpha value is -2.43. The summed E-state index contributed by atoms with van der Waals surface area (Å²) in [5.74, 6) is 0.995. The molecular formula is C27H32N4OS2. The highest BCUT2D eigenvalue weighted by atomic mass is 32.1. The molecule has 2 aliphatic rings. The summed E-state index contributed by atoms with van der Waals surface area (Å²) in [5, 5.41) is 14.3. The number of aryl methyl sites for hydroxylation is 1. The first-order valence-corrected chi connectivity index (χ1v) is 13.9. The molecule has 178 valence electrons. The van der Waals surface area contributed by atoms with E-state index in [1.165, 1.54) is 21.8 Å². The van der Waals surface area contributed by atoms with Crippen molar-refractivity contribution in [1.82, 2.24) is 4.98 Å². The van der Waals surface area contributed by atoms with Crippen LogP contribution in [0.25, 0.3) is 10.2 Å². The Kier molecular flexibility index (Phi) is 5.94. The number of hydrogen-bond acceptors (Lipinski definition) is 6. The minimum atomic E-state index is -0.244. The monoisotopic (exact) mass is 492 g/mol. The minimum absolute atomic E-state index is 0.244. The summed E-state index contributed by atoms with van der Waals surface area (Å²) >= 11 is 2.90. The van der Waals surface area contributed by atoms with Crippen LogP contribution < -0.4 is 11.1 Å². The van der Waals surface area contributed by atoms with Gasteiger partial charge in [0.25, 0.3) is 5.91 Å². The van der Waals surface area contributed by atoms with Crippen LogP contribution in [-0.4, -0.2) is 10.9 Å². The van der Waals surface area contributed by atoms with Crippen molar-refractivity contribution in [2.45, 2.75) is 72.6 Å². The van der Waals surface area contributed by atoms with Gasteiger partial charge in [-0.05, 0) is 73.0 Å². The SMILES string of the molecule is CCC(C)(C)[C@H]1CCc2nc3sc(C(=O)Nc4sc5c(c4C#N)CC[C@@H](C)C5)c(N)c3cc2C1. The van der Waals surface area contributed by atoms with E-state index in [9.17, 15) is 10.1 Å². The third kappa shape index (κ3) is 3.91. The van der Waals surface area contributed by atoms with Gasteiger partial charge in [-0.1, -0.05) is 34.1 Å². The number of hydrogen-bond donors (Lipinski definition) is 2. The van der Waals surface area contributed by atoms with Crippen LogP contribution in [0.4, 0.5) is 10.7 Å². The molecule has 2 atom stereocenters. The summed E-state index contributed by atoms with van der Waals surface area (Å²) in [6.45, 7) is 9.22. The highest BCUT2D eigenvalue weighted by Gasteiger charge is 2.32. The van der Waals surface area contributed by atoms with Crippen LogP contribution in [0.2, 0.25) is 0 Å². The summed E-state index contributed by atoms with van der Waals surface area (Å²) in [4.78, 5) is 20.8. The number of fused-ring (bicyclic) bond motifs is 3. The fourth-order valence-electron chi connectivity index (χ4n) is 5.43. The molecule has 0 bridgehead atoms. The zero-order valence-electron chi connectivity index (χ0n) is 20.4. The molecule has 2 aliphatic carbocycles. The molecule has 1 amide bonds. The third-order valence-corrected chi connectivity index (χ3v) is 10.4. The number of anilines is 2. The van der Waals surface area contributed by atoms with E-state index in [-0.39, 0.29) is 5.91 Å². The molecule has 0 aromatic carbocycles. The van der Waals surface area contributed by atoms with Gasteiger partial charge in [0.05, 0.1) is 11.3 Å². The predicted octanol–water partition coefficient (Wildman–Crippen LogP) is 6.73. The average molecular weight is 493 g/mol. The molecular weight excluding hydrogens is 460 g/mol. The van der Waals surface area contributed by atoms with E-state index in [0.717, 1.165) is 66.4 Å². The summed E-state index contributed by atoms with van der Waals surface area (Å²) < 4.78 is 0. The zero-order valence-corrected chi connectivity index (χ0v) is 22.0. The number of pyridine rings is 1. The fraction of sp³-hybridized carbons (Fsp3) is 0.519. The maximum absolute atomic E-state index is 13.3. The standard InChI is InChI=1S/C27H32N4OS2/c1-5-27(3,4)16-7-9-20-15(11-16)12-18-22(29)23(34-25(18)30-20)24(32)31-26-19(13-28)17-8-6-14(2)10-21(17)33-26/h12,14,16H,5-11,29H2,1-4H3,(H,31,32)/t14-,16+/m1/s1. The first-order chi connectivity index (χ1) is 16.2. The van der Waals surface area contributed by atoms with Crippen LogP contribution in [0.1, 0.15) is 83.9 Å². The van der Waals surface area contributed by atoms with Gasteiger partial charge in [0, 0.05) is 16.0 Å². The number of nitrogen functional groups attached to an aromatic ring is 1. The fourth-order valence-corrected chi connectivity index (χ4v) is 7.78. The van der Waals surface area contributed by atoms with Crippen molar-refractivity contribution in [2.75, 3.05) is 11.1 Å². The highest BCUT2D eigenvalue weighted by molar-refractivity contribution is 7.21. The van der Waals surface area contributed by atoms with Gasteiger partial charge in [-0.3, -0.25) is 4.79 Å².